The van der Waals surface area contributed by atoms with Crippen LogP contribution in [0.3, 0.4) is 0 Å². The molecular formula is C13H20N2O3S. The summed E-state index contributed by atoms with van der Waals surface area (Å²) in [5.41, 5.74) is 1.11. The van der Waals surface area contributed by atoms with Crippen molar-refractivity contribution >= 4 is 17.2 Å². The third kappa shape index (κ3) is 4.26. The topological polar surface area (TPSA) is 60.5 Å². The number of thiazole rings is 1. The van der Waals surface area contributed by atoms with Crippen LogP contribution in [0.5, 0.6) is 0 Å². The number of nitrogens with one attached hydrogen (secondary N) is 1. The Morgan fingerprint density at radius 2 is 2.32 bits per heavy atom. The van der Waals surface area contributed by atoms with Gasteiger partial charge in [-0.05, 0) is 20.3 Å². The molecule has 0 aliphatic carbocycles. The Labute approximate surface area is 117 Å². The number of hydrogen-bond donors (Lipinski definition) is 1. The average Bonchev–Trinajstić information content (AvgIpc) is 2.74. The zero-order valence-electron chi connectivity index (χ0n) is 11.4. The van der Waals surface area contributed by atoms with Crippen LogP contribution in [0.4, 0.5) is 0 Å². The highest BCUT2D eigenvalue weighted by atomic mass is 32.1. The van der Waals surface area contributed by atoms with E-state index in [0.29, 0.717) is 26.4 Å². The molecule has 0 bridgehead atoms. The highest BCUT2D eigenvalue weighted by Gasteiger charge is 2.21. The second-order valence-electron chi connectivity index (χ2n) is 4.58. The van der Waals surface area contributed by atoms with Gasteiger partial charge in [0.1, 0.15) is 0 Å². The Morgan fingerprint density at radius 3 is 2.95 bits per heavy atom. The van der Waals surface area contributed by atoms with Crippen LogP contribution in [0.1, 0.15) is 22.0 Å². The summed E-state index contributed by atoms with van der Waals surface area (Å²) in [5, 5.41) is 4.02. The number of amides is 1. The Morgan fingerprint density at radius 1 is 1.47 bits per heavy atom. The molecule has 0 radical (unpaired) electrons. The van der Waals surface area contributed by atoms with Crippen molar-refractivity contribution in [1.82, 2.24) is 10.3 Å². The third-order valence-corrected chi connectivity index (χ3v) is 4.18. The second kappa shape index (κ2) is 6.98. The molecule has 1 aromatic heterocycles. The monoisotopic (exact) mass is 284 g/mol. The maximum absolute atomic E-state index is 11.7. The molecule has 5 nitrogen and oxygen atoms in total. The van der Waals surface area contributed by atoms with E-state index in [1.807, 2.05) is 6.92 Å². The summed E-state index contributed by atoms with van der Waals surface area (Å²) in [6.07, 6.45) is 1.35. The van der Waals surface area contributed by atoms with Crippen molar-refractivity contribution in [2.75, 3.05) is 26.4 Å². The van der Waals surface area contributed by atoms with Gasteiger partial charge in [0.2, 0.25) is 0 Å². The number of nitrogens with zero attached hydrogens (tertiary/aromatic N) is 1. The third-order valence-electron chi connectivity index (χ3n) is 3.05. The van der Waals surface area contributed by atoms with Crippen molar-refractivity contribution in [2.24, 2.45) is 0 Å². The Kier molecular flexibility index (Phi) is 5.30. The van der Waals surface area contributed by atoms with E-state index in [2.05, 4.69) is 17.2 Å². The van der Waals surface area contributed by atoms with E-state index in [1.54, 1.807) is 11.3 Å². The lowest BCUT2D eigenvalue weighted by molar-refractivity contribution is -0.147. The fraction of sp³-hybridized carbons (Fsp3) is 0.692. The summed E-state index contributed by atoms with van der Waals surface area (Å²) in [7, 11) is 0. The lowest BCUT2D eigenvalue weighted by atomic mass is 10.3. The summed E-state index contributed by atoms with van der Waals surface area (Å²) in [6, 6.07) is 0. The number of aromatic nitrogens is 1. The van der Waals surface area contributed by atoms with Gasteiger partial charge < -0.3 is 14.8 Å². The number of hydrogen-bond acceptors (Lipinski definition) is 5. The molecule has 106 valence electrons. The molecule has 2 rings (SSSR count). The van der Waals surface area contributed by atoms with Crippen LogP contribution < -0.4 is 5.32 Å². The lowest BCUT2D eigenvalue weighted by Crippen LogP contribution is -2.43. The van der Waals surface area contributed by atoms with Crippen LogP contribution in [0, 0.1) is 13.8 Å². The van der Waals surface area contributed by atoms with Crippen molar-refractivity contribution in [1.29, 1.82) is 0 Å². The highest BCUT2D eigenvalue weighted by Crippen LogP contribution is 2.17. The molecule has 0 spiro atoms. The summed E-state index contributed by atoms with van der Waals surface area (Å²) >= 11 is 1.73. The molecule has 2 heterocycles. The first kappa shape index (κ1) is 14.4. The molecular weight excluding hydrogens is 264 g/mol. The minimum Gasteiger partial charge on any atom is -0.376 e. The molecule has 1 aliphatic rings. The molecule has 1 atom stereocenters. The molecule has 1 saturated heterocycles. The molecule has 6 heteroatoms. The predicted octanol–water partition coefficient (Wildman–Crippen LogP) is 1.22. The van der Waals surface area contributed by atoms with Gasteiger partial charge in [-0.25, -0.2) is 4.98 Å². The molecule has 0 aromatic carbocycles. The second-order valence-corrected chi connectivity index (χ2v) is 5.87. The van der Waals surface area contributed by atoms with Crippen LogP contribution in [0.15, 0.2) is 0 Å². The van der Waals surface area contributed by atoms with E-state index < -0.39 is 6.10 Å². The first-order chi connectivity index (χ1) is 9.16. The molecule has 0 saturated carbocycles. The number of carbonyl (C=O) groups excluding carboxylic acids is 1. The van der Waals surface area contributed by atoms with E-state index in [1.165, 1.54) is 4.88 Å². The maximum atomic E-state index is 11.7. The van der Waals surface area contributed by atoms with Gasteiger partial charge in [0.25, 0.3) is 5.91 Å². The van der Waals surface area contributed by atoms with Crippen molar-refractivity contribution in [3.8, 4) is 0 Å². The Bertz CT molecular complexity index is 408. The molecule has 1 fully saturated rings. The van der Waals surface area contributed by atoms with Gasteiger partial charge >= 0.3 is 0 Å². The number of rotatable bonds is 5. The van der Waals surface area contributed by atoms with Gasteiger partial charge in [-0.3, -0.25) is 4.79 Å². The summed E-state index contributed by atoms with van der Waals surface area (Å²) in [6.45, 7) is 6.19. The summed E-state index contributed by atoms with van der Waals surface area (Å²) < 4.78 is 10.5. The van der Waals surface area contributed by atoms with E-state index >= 15 is 0 Å². The molecule has 1 amide bonds. The zero-order valence-corrected chi connectivity index (χ0v) is 12.2. The molecule has 1 N–H and O–H groups in total. The standard InChI is InChI=1S/C13H20N2O3S/c1-9-10(2)19-12(15-9)4-3-5-14-13(16)11-8-17-6-7-18-11/h11H,3-8H2,1-2H3,(H,14,16). The minimum atomic E-state index is -0.446. The van der Waals surface area contributed by atoms with Crippen LogP contribution in [0.25, 0.3) is 0 Å². The number of ether oxygens (including phenoxy) is 2. The Balaban J connectivity index is 1.64. The molecule has 1 unspecified atom stereocenters. The van der Waals surface area contributed by atoms with E-state index in [9.17, 15) is 4.79 Å². The van der Waals surface area contributed by atoms with E-state index in [4.69, 9.17) is 9.47 Å². The SMILES string of the molecule is Cc1nc(CCCNC(=O)C2COCCO2)sc1C. The lowest BCUT2D eigenvalue weighted by Gasteiger charge is -2.21. The number of aryl methyl sites for hydroxylation is 3. The van der Waals surface area contributed by atoms with Crippen LogP contribution in [-0.2, 0) is 20.7 Å². The van der Waals surface area contributed by atoms with Crippen molar-refractivity contribution in [2.45, 2.75) is 32.8 Å². The minimum absolute atomic E-state index is 0.0776. The average molecular weight is 284 g/mol. The predicted molar refractivity (Wildman–Crippen MR) is 73.5 cm³/mol. The van der Waals surface area contributed by atoms with E-state index in [0.717, 1.165) is 23.5 Å². The van der Waals surface area contributed by atoms with Gasteiger partial charge in [-0.2, -0.15) is 0 Å². The molecule has 1 aromatic rings. The van der Waals surface area contributed by atoms with Crippen molar-refractivity contribution in [3.63, 3.8) is 0 Å². The quantitative estimate of drug-likeness (QED) is 0.826. The van der Waals surface area contributed by atoms with Gasteiger partial charge in [0.05, 0.1) is 30.5 Å². The normalized spacial score (nSPS) is 19.4. The fourth-order valence-corrected chi connectivity index (χ4v) is 2.83. The van der Waals surface area contributed by atoms with Gasteiger partial charge in [0, 0.05) is 17.8 Å². The van der Waals surface area contributed by atoms with Gasteiger partial charge in [-0.15, -0.1) is 11.3 Å². The van der Waals surface area contributed by atoms with Crippen LogP contribution in [-0.4, -0.2) is 43.4 Å². The van der Waals surface area contributed by atoms with Gasteiger partial charge in [-0.1, -0.05) is 0 Å². The fourth-order valence-electron chi connectivity index (χ4n) is 1.85. The largest absolute Gasteiger partial charge is 0.376 e. The van der Waals surface area contributed by atoms with Crippen molar-refractivity contribution < 1.29 is 14.3 Å². The van der Waals surface area contributed by atoms with Crippen molar-refractivity contribution in [3.05, 3.63) is 15.6 Å². The van der Waals surface area contributed by atoms with Gasteiger partial charge in [0.15, 0.2) is 6.10 Å². The first-order valence-corrected chi connectivity index (χ1v) is 7.38. The zero-order chi connectivity index (χ0) is 13.7. The maximum Gasteiger partial charge on any atom is 0.251 e. The van der Waals surface area contributed by atoms with Crippen LogP contribution in [0.2, 0.25) is 0 Å². The first-order valence-electron chi connectivity index (χ1n) is 6.57. The highest BCUT2D eigenvalue weighted by molar-refractivity contribution is 7.11. The van der Waals surface area contributed by atoms with E-state index in [-0.39, 0.29) is 5.91 Å². The number of carbonyl (C=O) groups is 1. The molecule has 1 aliphatic heterocycles. The summed E-state index contributed by atoms with van der Waals surface area (Å²) in [5.74, 6) is -0.0776. The van der Waals surface area contributed by atoms with Crippen LogP contribution >= 0.6 is 11.3 Å². The molecule has 19 heavy (non-hydrogen) atoms. The summed E-state index contributed by atoms with van der Waals surface area (Å²) in [4.78, 5) is 17.5. The smallest absolute Gasteiger partial charge is 0.251 e. The Hall–Kier alpha value is -0.980.